The monoisotopic (exact) mass is 665 g/mol. The Morgan fingerprint density at radius 3 is 2.85 bits per heavy atom. The molecule has 3 fully saturated rings. The van der Waals surface area contributed by atoms with Crippen LogP contribution in [0.2, 0.25) is 0 Å². The number of amides is 1. The molecule has 3 aliphatic heterocycles. The molecule has 3 atom stereocenters. The molecule has 9 nitrogen and oxygen atoms in total. The van der Waals surface area contributed by atoms with E-state index in [0.29, 0.717) is 32.5 Å². The molecule has 3 unspecified atom stereocenters. The average Bonchev–Trinajstić information content (AvgIpc) is 3.82. The van der Waals surface area contributed by atoms with Gasteiger partial charge in [-0.1, -0.05) is 12.6 Å². The minimum Gasteiger partial charge on any atom is -0.461 e. The highest BCUT2D eigenvalue weighted by Gasteiger charge is 2.49. The summed E-state index contributed by atoms with van der Waals surface area (Å²) in [5.74, 6) is -2.71. The highest BCUT2D eigenvalue weighted by Crippen LogP contribution is 2.48. The molecular formula is C33H31F4N7O2S. The molecule has 244 valence electrons. The predicted molar refractivity (Wildman–Crippen MR) is 173 cm³/mol. The zero-order valence-corrected chi connectivity index (χ0v) is 26.3. The van der Waals surface area contributed by atoms with Crippen molar-refractivity contribution >= 4 is 54.7 Å². The van der Waals surface area contributed by atoms with E-state index in [0.717, 1.165) is 42.9 Å². The number of nitrogen functional groups attached to an aromatic ring is 1. The molecule has 0 spiro atoms. The van der Waals surface area contributed by atoms with E-state index in [1.807, 2.05) is 0 Å². The molecule has 2 N–H and O–H groups in total. The van der Waals surface area contributed by atoms with Gasteiger partial charge in [-0.25, -0.2) is 22.4 Å². The number of nitrogens with zero attached hydrogens (tertiary/aromatic N) is 6. The standard InChI is InChI=1S/C33H31F4N7O2S/c1-4-23(45)43-11-8-18(15-43)42(3)31-20-12-22(36)24(19-6-7-21(35)29-25(19)28(39-2)30(38)47-29)26(37)27(20)40-32(41-31)46-16-33-9-5-10-44(33)14-17(34)13-33/h4,6-7,12,17-18H,1,5,8-11,13-16,38H2,3H3. The fourth-order valence-electron chi connectivity index (χ4n) is 7.44. The first-order valence-corrected chi connectivity index (χ1v) is 16.1. The van der Waals surface area contributed by atoms with E-state index < -0.39 is 34.7 Å². The molecule has 4 aromatic rings. The minimum atomic E-state index is -1.05. The number of anilines is 2. The van der Waals surface area contributed by atoms with Crippen LogP contribution in [0.25, 0.3) is 37.0 Å². The van der Waals surface area contributed by atoms with E-state index >= 15 is 8.78 Å². The number of benzene rings is 2. The van der Waals surface area contributed by atoms with Crippen LogP contribution in [0.3, 0.4) is 0 Å². The summed E-state index contributed by atoms with van der Waals surface area (Å²) in [6, 6.07) is 3.02. The summed E-state index contributed by atoms with van der Waals surface area (Å²) in [4.78, 5) is 30.2. The normalized spacial score (nSPS) is 22.6. The van der Waals surface area contributed by atoms with Crippen LogP contribution in [0.15, 0.2) is 30.9 Å². The highest BCUT2D eigenvalue weighted by molar-refractivity contribution is 7.23. The Hall–Kier alpha value is -4.48. The Kier molecular flexibility index (Phi) is 7.71. The van der Waals surface area contributed by atoms with Gasteiger partial charge in [0, 0.05) is 49.9 Å². The minimum absolute atomic E-state index is 0.0139. The van der Waals surface area contributed by atoms with E-state index in [9.17, 15) is 13.6 Å². The van der Waals surface area contributed by atoms with Gasteiger partial charge in [0.15, 0.2) is 5.82 Å². The number of rotatable bonds is 7. The summed E-state index contributed by atoms with van der Waals surface area (Å²) in [6.45, 7) is 13.1. The lowest BCUT2D eigenvalue weighted by molar-refractivity contribution is -0.125. The first-order valence-electron chi connectivity index (χ1n) is 15.3. The fourth-order valence-corrected chi connectivity index (χ4v) is 8.38. The van der Waals surface area contributed by atoms with Crippen molar-refractivity contribution in [3.05, 3.63) is 59.7 Å². The summed E-state index contributed by atoms with van der Waals surface area (Å²) in [5.41, 5.74) is 4.60. The van der Waals surface area contributed by atoms with E-state index in [1.54, 1.807) is 16.8 Å². The molecule has 2 aromatic heterocycles. The number of alkyl halides is 1. The zero-order valence-electron chi connectivity index (χ0n) is 25.5. The molecule has 2 aromatic carbocycles. The number of carbonyl (C=O) groups excluding carboxylic acids is 1. The van der Waals surface area contributed by atoms with Crippen molar-refractivity contribution in [2.24, 2.45) is 0 Å². The van der Waals surface area contributed by atoms with Gasteiger partial charge in [0.25, 0.3) is 0 Å². The highest BCUT2D eigenvalue weighted by atomic mass is 32.1. The number of hydrogen-bond donors (Lipinski definition) is 1. The molecule has 14 heteroatoms. The number of aromatic nitrogens is 2. The van der Waals surface area contributed by atoms with Crippen molar-refractivity contribution in [1.82, 2.24) is 19.8 Å². The molecule has 7 rings (SSSR count). The topological polar surface area (TPSA) is 92.2 Å². The van der Waals surface area contributed by atoms with Gasteiger partial charge in [0.2, 0.25) is 11.6 Å². The van der Waals surface area contributed by atoms with Crippen LogP contribution in [0, 0.1) is 24.0 Å². The Morgan fingerprint density at radius 1 is 1.28 bits per heavy atom. The zero-order chi connectivity index (χ0) is 33.2. The van der Waals surface area contributed by atoms with Crippen LogP contribution in [0.4, 0.5) is 34.1 Å². The van der Waals surface area contributed by atoms with Crippen molar-refractivity contribution in [1.29, 1.82) is 0 Å². The van der Waals surface area contributed by atoms with Gasteiger partial charge in [-0.05, 0) is 49.6 Å². The van der Waals surface area contributed by atoms with Crippen LogP contribution < -0.4 is 15.4 Å². The van der Waals surface area contributed by atoms with Crippen LogP contribution in [-0.2, 0) is 4.79 Å². The number of likely N-dealkylation sites (N-methyl/N-ethyl adjacent to an activating group) is 1. The number of hydrogen-bond acceptors (Lipinski definition) is 8. The number of halogens is 4. The quantitative estimate of drug-likeness (QED) is 0.142. The van der Waals surface area contributed by atoms with Crippen LogP contribution in [0.1, 0.15) is 25.7 Å². The second-order valence-corrected chi connectivity index (χ2v) is 13.5. The van der Waals surface area contributed by atoms with Gasteiger partial charge in [-0.15, -0.1) is 11.3 Å². The summed E-state index contributed by atoms with van der Waals surface area (Å²) >= 11 is 0.834. The number of thiophene rings is 1. The molecule has 47 heavy (non-hydrogen) atoms. The second-order valence-electron chi connectivity index (χ2n) is 12.4. The van der Waals surface area contributed by atoms with Crippen LogP contribution in [-0.4, -0.2) is 83.3 Å². The Labute approximate surface area is 272 Å². The molecule has 0 radical (unpaired) electrons. The van der Waals surface area contributed by atoms with E-state index in [4.69, 9.17) is 17.0 Å². The van der Waals surface area contributed by atoms with Gasteiger partial charge in [0.05, 0.1) is 27.4 Å². The third kappa shape index (κ3) is 5.03. The molecule has 3 saturated heterocycles. The maximum atomic E-state index is 16.8. The smallest absolute Gasteiger partial charge is 0.319 e. The number of carbonyl (C=O) groups is 1. The van der Waals surface area contributed by atoms with Crippen molar-refractivity contribution in [3.8, 4) is 17.1 Å². The lowest BCUT2D eigenvalue weighted by atomic mass is 9.95. The van der Waals surface area contributed by atoms with Gasteiger partial charge in [-0.3, -0.25) is 9.69 Å². The van der Waals surface area contributed by atoms with E-state index in [2.05, 4.69) is 26.3 Å². The first-order chi connectivity index (χ1) is 22.5. The summed E-state index contributed by atoms with van der Waals surface area (Å²) in [5, 5.41) is 0.113. The molecule has 0 bridgehead atoms. The molecule has 5 heterocycles. The van der Waals surface area contributed by atoms with Gasteiger partial charge >= 0.3 is 6.01 Å². The third-order valence-corrected chi connectivity index (χ3v) is 10.8. The molecule has 3 aliphatic rings. The molecule has 0 aliphatic carbocycles. The Morgan fingerprint density at radius 2 is 2.09 bits per heavy atom. The average molecular weight is 666 g/mol. The molecular weight excluding hydrogens is 634 g/mol. The maximum Gasteiger partial charge on any atom is 0.319 e. The van der Waals surface area contributed by atoms with Gasteiger partial charge in [0.1, 0.15) is 35.7 Å². The van der Waals surface area contributed by atoms with Gasteiger partial charge in [-0.2, -0.15) is 9.97 Å². The second kappa shape index (κ2) is 11.6. The Bertz CT molecular complexity index is 2000. The largest absolute Gasteiger partial charge is 0.461 e. The van der Waals surface area contributed by atoms with Crippen molar-refractivity contribution in [2.75, 3.05) is 50.5 Å². The summed E-state index contributed by atoms with van der Waals surface area (Å²) in [6.07, 6.45) is 2.77. The molecule has 0 saturated carbocycles. The number of likely N-dealkylation sites (tertiary alicyclic amines) is 1. The first kappa shape index (κ1) is 31.1. The predicted octanol–water partition coefficient (Wildman–Crippen LogP) is 6.24. The van der Waals surface area contributed by atoms with Crippen molar-refractivity contribution in [3.63, 3.8) is 0 Å². The summed E-state index contributed by atoms with van der Waals surface area (Å²) < 4.78 is 68.4. The van der Waals surface area contributed by atoms with E-state index in [-0.39, 0.29) is 67.6 Å². The molecule has 1 amide bonds. The summed E-state index contributed by atoms with van der Waals surface area (Å²) in [7, 11) is 1.73. The fraction of sp³-hybridized carbons (Fsp3) is 0.394. The van der Waals surface area contributed by atoms with Crippen molar-refractivity contribution < 1.29 is 27.1 Å². The van der Waals surface area contributed by atoms with Crippen molar-refractivity contribution in [2.45, 2.75) is 43.4 Å². The van der Waals surface area contributed by atoms with Crippen LogP contribution >= 0.6 is 11.3 Å². The SMILES string of the molecule is [C-]#[N+]c1c(N)sc2c(F)ccc(-c3c(F)cc4c(N(C)C5CCN(C(=O)C=C)C5)nc(OCC56CCCN5CC(F)C6)nc4c3F)c12. The van der Waals surface area contributed by atoms with Gasteiger partial charge < -0.3 is 20.3 Å². The van der Waals surface area contributed by atoms with E-state index in [1.165, 1.54) is 12.1 Å². The lowest BCUT2D eigenvalue weighted by Crippen LogP contribution is -2.43. The number of fused-ring (bicyclic) bond motifs is 3. The number of nitrogens with two attached hydrogens (primary N) is 1. The lowest BCUT2D eigenvalue weighted by Gasteiger charge is -2.31. The van der Waals surface area contributed by atoms with Crippen LogP contribution in [0.5, 0.6) is 6.01 Å². The Balaban J connectivity index is 1.37. The third-order valence-electron chi connectivity index (χ3n) is 9.78. The maximum absolute atomic E-state index is 16.8. The number of ether oxygens (including phenoxy) is 1.